The third-order valence-corrected chi connectivity index (χ3v) is 2.48. The summed E-state index contributed by atoms with van der Waals surface area (Å²) in [7, 11) is 0. The minimum absolute atomic E-state index is 0.0165. The maximum atomic E-state index is 11.2. The van der Waals surface area contributed by atoms with Crippen LogP contribution in [0.1, 0.15) is 19.8 Å². The van der Waals surface area contributed by atoms with Gasteiger partial charge in [0, 0.05) is 19.5 Å². The lowest BCUT2D eigenvalue weighted by Gasteiger charge is -2.33. The molecular formula is C8H13NO2. The molecule has 2 heterocycles. The first-order valence-corrected chi connectivity index (χ1v) is 4.22. The van der Waals surface area contributed by atoms with Crippen LogP contribution in [0.2, 0.25) is 0 Å². The molecule has 2 aliphatic rings. The van der Waals surface area contributed by atoms with Crippen molar-refractivity contribution in [2.45, 2.75) is 31.9 Å². The van der Waals surface area contributed by atoms with Crippen LogP contribution in [0.25, 0.3) is 0 Å². The molecule has 62 valence electrons. The Hall–Kier alpha value is -0.570. The van der Waals surface area contributed by atoms with E-state index >= 15 is 0 Å². The van der Waals surface area contributed by atoms with Gasteiger partial charge in [0.2, 0.25) is 0 Å². The molecule has 2 saturated heterocycles. The Morgan fingerprint density at radius 2 is 2.27 bits per heavy atom. The number of hydrogen-bond donors (Lipinski definition) is 0. The van der Waals surface area contributed by atoms with Gasteiger partial charge in [0.1, 0.15) is 12.1 Å². The van der Waals surface area contributed by atoms with E-state index < -0.39 is 0 Å². The van der Waals surface area contributed by atoms with Gasteiger partial charge >= 0.3 is 5.97 Å². The average molecular weight is 155 g/mol. The Morgan fingerprint density at radius 3 is 2.64 bits per heavy atom. The molecule has 2 aliphatic heterocycles. The number of cyclic esters (lactones) is 1. The molecule has 0 aromatic rings. The van der Waals surface area contributed by atoms with Crippen LogP contribution in [0.3, 0.4) is 0 Å². The van der Waals surface area contributed by atoms with Gasteiger partial charge in [-0.15, -0.1) is 0 Å². The lowest BCUT2D eigenvalue weighted by molar-refractivity contribution is -0.145. The van der Waals surface area contributed by atoms with Crippen LogP contribution < -0.4 is 0 Å². The molecule has 0 amide bonds. The van der Waals surface area contributed by atoms with E-state index in [0.717, 1.165) is 19.5 Å². The first kappa shape index (κ1) is 7.10. The van der Waals surface area contributed by atoms with Gasteiger partial charge < -0.3 is 4.74 Å². The molecular weight excluding hydrogens is 142 g/mol. The molecule has 0 bridgehead atoms. The lowest BCUT2D eigenvalue weighted by atomic mass is 10.1. The Labute approximate surface area is 66.3 Å². The van der Waals surface area contributed by atoms with Crippen LogP contribution in [-0.2, 0) is 9.53 Å². The normalized spacial score (nSPS) is 38.5. The standard InChI is InChI=1S/C8H13NO2/c1-6-5-7(8(10)11-6)9-3-2-4-9/h6-7H,2-5H2,1H3. The van der Waals surface area contributed by atoms with Crippen LogP contribution >= 0.6 is 0 Å². The zero-order valence-electron chi connectivity index (χ0n) is 6.75. The zero-order valence-corrected chi connectivity index (χ0v) is 6.75. The summed E-state index contributed by atoms with van der Waals surface area (Å²) in [4.78, 5) is 13.4. The number of nitrogens with zero attached hydrogens (tertiary/aromatic N) is 1. The SMILES string of the molecule is CC1CC(N2CCC2)C(=O)O1. The third kappa shape index (κ3) is 1.13. The molecule has 2 rings (SSSR count). The molecule has 0 radical (unpaired) electrons. The first-order chi connectivity index (χ1) is 5.27. The van der Waals surface area contributed by atoms with E-state index in [1.165, 1.54) is 6.42 Å². The van der Waals surface area contributed by atoms with Crippen LogP contribution in [0, 0.1) is 0 Å². The molecule has 3 heteroatoms. The maximum Gasteiger partial charge on any atom is 0.323 e. The summed E-state index contributed by atoms with van der Waals surface area (Å²) in [5.74, 6) is -0.0165. The van der Waals surface area contributed by atoms with Crippen molar-refractivity contribution < 1.29 is 9.53 Å². The fourth-order valence-electron chi connectivity index (χ4n) is 1.69. The summed E-state index contributed by atoms with van der Waals surface area (Å²) in [6.07, 6.45) is 2.25. The molecule has 0 saturated carbocycles. The van der Waals surface area contributed by atoms with Crippen molar-refractivity contribution in [3.63, 3.8) is 0 Å². The van der Waals surface area contributed by atoms with Crippen molar-refractivity contribution in [1.29, 1.82) is 0 Å². The van der Waals surface area contributed by atoms with Crippen molar-refractivity contribution >= 4 is 5.97 Å². The second-order valence-corrected chi connectivity index (χ2v) is 3.39. The Kier molecular flexibility index (Phi) is 1.60. The molecule has 3 nitrogen and oxygen atoms in total. The smallest absolute Gasteiger partial charge is 0.323 e. The number of likely N-dealkylation sites (tertiary alicyclic amines) is 1. The van der Waals surface area contributed by atoms with E-state index in [1.807, 2.05) is 6.92 Å². The van der Waals surface area contributed by atoms with Gasteiger partial charge in [0.05, 0.1) is 0 Å². The van der Waals surface area contributed by atoms with E-state index in [4.69, 9.17) is 4.74 Å². The molecule has 0 aromatic heterocycles. The number of hydrogen-bond acceptors (Lipinski definition) is 3. The van der Waals surface area contributed by atoms with Crippen molar-refractivity contribution in [3.8, 4) is 0 Å². The van der Waals surface area contributed by atoms with Crippen LogP contribution in [-0.4, -0.2) is 36.1 Å². The number of ether oxygens (including phenoxy) is 1. The van der Waals surface area contributed by atoms with Crippen LogP contribution in [0.15, 0.2) is 0 Å². The monoisotopic (exact) mass is 155 g/mol. The van der Waals surface area contributed by atoms with Crippen molar-refractivity contribution in [2.75, 3.05) is 13.1 Å². The van der Waals surface area contributed by atoms with Gasteiger partial charge in [-0.3, -0.25) is 9.69 Å². The van der Waals surface area contributed by atoms with Gasteiger partial charge in [0.15, 0.2) is 0 Å². The number of esters is 1. The average Bonchev–Trinajstić information content (AvgIpc) is 2.07. The summed E-state index contributed by atoms with van der Waals surface area (Å²) >= 11 is 0. The highest BCUT2D eigenvalue weighted by Gasteiger charge is 2.38. The highest BCUT2D eigenvalue weighted by atomic mass is 16.6. The van der Waals surface area contributed by atoms with Crippen LogP contribution in [0.4, 0.5) is 0 Å². The van der Waals surface area contributed by atoms with Crippen molar-refractivity contribution in [1.82, 2.24) is 4.90 Å². The highest BCUT2D eigenvalue weighted by Crippen LogP contribution is 2.23. The van der Waals surface area contributed by atoms with E-state index in [2.05, 4.69) is 4.90 Å². The van der Waals surface area contributed by atoms with Gasteiger partial charge in [-0.1, -0.05) is 0 Å². The summed E-state index contributed by atoms with van der Waals surface area (Å²) in [6, 6.07) is 0.0822. The molecule has 0 aromatic carbocycles. The fraction of sp³-hybridized carbons (Fsp3) is 0.875. The topological polar surface area (TPSA) is 29.5 Å². The van der Waals surface area contributed by atoms with Gasteiger partial charge in [0.25, 0.3) is 0 Å². The molecule has 2 unspecified atom stereocenters. The van der Waals surface area contributed by atoms with Gasteiger partial charge in [-0.2, -0.15) is 0 Å². The van der Waals surface area contributed by atoms with Crippen LogP contribution in [0.5, 0.6) is 0 Å². The highest BCUT2D eigenvalue weighted by molar-refractivity contribution is 5.78. The minimum Gasteiger partial charge on any atom is -0.461 e. The Morgan fingerprint density at radius 1 is 1.55 bits per heavy atom. The number of rotatable bonds is 1. The number of carbonyl (C=O) groups is 1. The zero-order chi connectivity index (χ0) is 7.84. The second-order valence-electron chi connectivity index (χ2n) is 3.39. The van der Waals surface area contributed by atoms with Crippen molar-refractivity contribution in [3.05, 3.63) is 0 Å². The van der Waals surface area contributed by atoms with E-state index in [0.29, 0.717) is 0 Å². The van der Waals surface area contributed by atoms with Gasteiger partial charge in [-0.05, 0) is 13.3 Å². The third-order valence-electron chi connectivity index (χ3n) is 2.48. The summed E-state index contributed by atoms with van der Waals surface area (Å²) in [5.41, 5.74) is 0. The summed E-state index contributed by atoms with van der Waals surface area (Å²) < 4.78 is 5.05. The number of carbonyl (C=O) groups excluding carboxylic acids is 1. The first-order valence-electron chi connectivity index (χ1n) is 4.22. The van der Waals surface area contributed by atoms with Crippen molar-refractivity contribution in [2.24, 2.45) is 0 Å². The van der Waals surface area contributed by atoms with E-state index in [-0.39, 0.29) is 18.1 Å². The molecule has 2 atom stereocenters. The molecule has 11 heavy (non-hydrogen) atoms. The quantitative estimate of drug-likeness (QED) is 0.513. The maximum absolute atomic E-state index is 11.2. The summed E-state index contributed by atoms with van der Waals surface area (Å²) in [6.45, 7) is 4.11. The second kappa shape index (κ2) is 2.48. The lowest BCUT2D eigenvalue weighted by Crippen LogP contribution is -2.47. The predicted molar refractivity (Wildman–Crippen MR) is 40.1 cm³/mol. The molecule has 0 N–H and O–H groups in total. The Bertz CT molecular complexity index is 177. The van der Waals surface area contributed by atoms with Gasteiger partial charge in [-0.25, -0.2) is 0 Å². The molecule has 0 aliphatic carbocycles. The molecule has 2 fully saturated rings. The fourth-order valence-corrected chi connectivity index (χ4v) is 1.69. The van der Waals surface area contributed by atoms with E-state index in [9.17, 15) is 4.79 Å². The Balaban J connectivity index is 1.97. The molecule has 0 spiro atoms. The summed E-state index contributed by atoms with van der Waals surface area (Å²) in [5, 5.41) is 0. The van der Waals surface area contributed by atoms with E-state index in [1.54, 1.807) is 0 Å². The minimum atomic E-state index is -0.0165. The predicted octanol–water partition coefficient (Wildman–Crippen LogP) is 0.396. The largest absolute Gasteiger partial charge is 0.461 e.